The van der Waals surface area contributed by atoms with E-state index in [0.29, 0.717) is 24.6 Å². The molecule has 23 heavy (non-hydrogen) atoms. The molecule has 0 atom stereocenters. The third-order valence-corrected chi connectivity index (χ3v) is 4.59. The molecule has 1 aliphatic rings. The highest BCUT2D eigenvalue weighted by Gasteiger charge is 2.25. The number of benzene rings is 1. The number of nitrogens with zero attached hydrogens (tertiary/aromatic N) is 2. The van der Waals surface area contributed by atoms with E-state index in [2.05, 4.69) is 10.4 Å². The zero-order valence-electron chi connectivity index (χ0n) is 13.0. The van der Waals surface area contributed by atoms with Crippen LogP contribution in [0.2, 0.25) is 0 Å². The summed E-state index contributed by atoms with van der Waals surface area (Å²) in [6.07, 6.45) is 4.29. The van der Waals surface area contributed by atoms with Crippen molar-refractivity contribution in [1.29, 1.82) is 0 Å². The lowest BCUT2D eigenvalue weighted by Crippen LogP contribution is -2.32. The Morgan fingerprint density at radius 2 is 2.00 bits per heavy atom. The van der Waals surface area contributed by atoms with Gasteiger partial charge < -0.3 is 5.32 Å². The SMILES string of the molecule is CSc1ccc(C(=O)NCCn2nc(C3CC3)ccc2=O)cc1. The van der Waals surface area contributed by atoms with Gasteiger partial charge in [0.15, 0.2) is 0 Å². The van der Waals surface area contributed by atoms with Gasteiger partial charge in [0, 0.05) is 29.0 Å². The Balaban J connectivity index is 1.57. The number of hydrogen-bond acceptors (Lipinski definition) is 4. The first-order valence-electron chi connectivity index (χ1n) is 7.67. The van der Waals surface area contributed by atoms with E-state index < -0.39 is 0 Å². The summed E-state index contributed by atoms with van der Waals surface area (Å²) in [5, 5.41) is 7.21. The van der Waals surface area contributed by atoms with Crippen LogP contribution in [0.5, 0.6) is 0 Å². The van der Waals surface area contributed by atoms with E-state index in [0.717, 1.165) is 23.4 Å². The van der Waals surface area contributed by atoms with Crippen LogP contribution < -0.4 is 10.9 Å². The minimum Gasteiger partial charge on any atom is -0.350 e. The normalized spacial score (nSPS) is 13.8. The van der Waals surface area contributed by atoms with Crippen molar-refractivity contribution in [3.8, 4) is 0 Å². The van der Waals surface area contributed by atoms with E-state index in [1.165, 1.54) is 4.68 Å². The van der Waals surface area contributed by atoms with Gasteiger partial charge in [0.25, 0.3) is 11.5 Å². The lowest BCUT2D eigenvalue weighted by molar-refractivity contribution is 0.0951. The van der Waals surface area contributed by atoms with E-state index in [1.54, 1.807) is 30.0 Å². The van der Waals surface area contributed by atoms with Gasteiger partial charge in [-0.25, -0.2) is 4.68 Å². The van der Waals surface area contributed by atoms with Crippen molar-refractivity contribution in [2.75, 3.05) is 12.8 Å². The third kappa shape index (κ3) is 4.01. The minimum atomic E-state index is -0.135. The number of aromatic nitrogens is 2. The Kier molecular flexibility index (Phi) is 4.81. The molecule has 1 N–H and O–H groups in total. The molecule has 5 nitrogen and oxygen atoms in total. The molecule has 1 fully saturated rings. The van der Waals surface area contributed by atoms with Crippen LogP contribution in [-0.4, -0.2) is 28.5 Å². The zero-order valence-corrected chi connectivity index (χ0v) is 13.8. The topological polar surface area (TPSA) is 64.0 Å². The maximum atomic E-state index is 12.1. The second-order valence-corrected chi connectivity index (χ2v) is 6.46. The first kappa shape index (κ1) is 15.8. The Morgan fingerprint density at radius 3 is 2.65 bits per heavy atom. The van der Waals surface area contributed by atoms with Crippen molar-refractivity contribution in [1.82, 2.24) is 15.1 Å². The summed E-state index contributed by atoms with van der Waals surface area (Å²) in [7, 11) is 0. The molecule has 1 aromatic carbocycles. The Morgan fingerprint density at radius 1 is 1.26 bits per heavy atom. The van der Waals surface area contributed by atoms with Gasteiger partial charge in [0.05, 0.1) is 12.2 Å². The predicted octanol–water partition coefficient (Wildman–Crippen LogP) is 2.27. The van der Waals surface area contributed by atoms with Crippen LogP contribution in [0.25, 0.3) is 0 Å². The maximum absolute atomic E-state index is 12.1. The summed E-state index contributed by atoms with van der Waals surface area (Å²) in [4.78, 5) is 25.0. The van der Waals surface area contributed by atoms with Crippen LogP contribution in [0.15, 0.2) is 46.1 Å². The number of rotatable bonds is 6. The molecule has 1 heterocycles. The van der Waals surface area contributed by atoms with Gasteiger partial charge in [0.1, 0.15) is 0 Å². The number of amides is 1. The molecule has 0 unspecified atom stereocenters. The van der Waals surface area contributed by atoms with Gasteiger partial charge in [-0.15, -0.1) is 11.8 Å². The molecule has 2 aromatic rings. The second-order valence-electron chi connectivity index (χ2n) is 5.58. The van der Waals surface area contributed by atoms with Crippen molar-refractivity contribution in [2.45, 2.75) is 30.2 Å². The van der Waals surface area contributed by atoms with Crippen LogP contribution in [0.1, 0.15) is 34.8 Å². The molecule has 120 valence electrons. The fraction of sp³-hybridized carbons (Fsp3) is 0.353. The molecule has 1 aromatic heterocycles. The standard InChI is InChI=1S/C17H19N3O2S/c1-23-14-6-4-13(5-7-14)17(22)18-10-11-20-16(21)9-8-15(19-20)12-2-3-12/h4-9,12H,2-3,10-11H2,1H3,(H,18,22). The molecule has 6 heteroatoms. The van der Waals surface area contributed by atoms with E-state index in [-0.39, 0.29) is 11.5 Å². The molecule has 0 radical (unpaired) electrons. The Bertz CT molecular complexity index is 751. The number of thioether (sulfide) groups is 1. The second kappa shape index (κ2) is 7.00. The fourth-order valence-electron chi connectivity index (χ4n) is 2.34. The summed E-state index contributed by atoms with van der Waals surface area (Å²) < 4.78 is 1.44. The van der Waals surface area contributed by atoms with Gasteiger partial charge in [-0.2, -0.15) is 5.10 Å². The Hall–Kier alpha value is -2.08. The minimum absolute atomic E-state index is 0.132. The van der Waals surface area contributed by atoms with E-state index in [9.17, 15) is 9.59 Å². The average Bonchev–Trinajstić information content (AvgIpc) is 3.41. The summed E-state index contributed by atoms with van der Waals surface area (Å²) >= 11 is 1.64. The highest BCUT2D eigenvalue weighted by Crippen LogP contribution is 2.38. The number of carbonyl (C=O) groups excluding carboxylic acids is 1. The van der Waals surface area contributed by atoms with Crippen LogP contribution in [0, 0.1) is 0 Å². The predicted molar refractivity (Wildman–Crippen MR) is 91.0 cm³/mol. The van der Waals surface area contributed by atoms with Crippen molar-refractivity contribution in [2.24, 2.45) is 0 Å². The maximum Gasteiger partial charge on any atom is 0.266 e. The lowest BCUT2D eigenvalue weighted by atomic mass is 10.2. The van der Waals surface area contributed by atoms with Gasteiger partial charge in [-0.3, -0.25) is 9.59 Å². The number of carbonyl (C=O) groups is 1. The van der Waals surface area contributed by atoms with Gasteiger partial charge in [-0.05, 0) is 49.4 Å². The van der Waals surface area contributed by atoms with Crippen LogP contribution in [-0.2, 0) is 6.54 Å². The van der Waals surface area contributed by atoms with Crippen molar-refractivity contribution in [3.05, 3.63) is 58.0 Å². The van der Waals surface area contributed by atoms with Crippen molar-refractivity contribution < 1.29 is 4.79 Å². The quantitative estimate of drug-likeness (QED) is 0.826. The molecule has 1 saturated carbocycles. The van der Waals surface area contributed by atoms with Gasteiger partial charge in [-0.1, -0.05) is 0 Å². The third-order valence-electron chi connectivity index (χ3n) is 3.84. The smallest absolute Gasteiger partial charge is 0.266 e. The molecule has 0 spiro atoms. The first-order chi connectivity index (χ1) is 11.2. The first-order valence-corrected chi connectivity index (χ1v) is 8.90. The van der Waals surface area contributed by atoms with Gasteiger partial charge >= 0.3 is 0 Å². The molecule has 1 aliphatic carbocycles. The highest BCUT2D eigenvalue weighted by atomic mass is 32.2. The number of nitrogens with one attached hydrogen (secondary N) is 1. The molecular formula is C17H19N3O2S. The molecule has 0 aliphatic heterocycles. The lowest BCUT2D eigenvalue weighted by Gasteiger charge is -2.08. The largest absolute Gasteiger partial charge is 0.350 e. The van der Waals surface area contributed by atoms with E-state index >= 15 is 0 Å². The molecule has 0 bridgehead atoms. The van der Waals surface area contributed by atoms with Crippen LogP contribution in [0.4, 0.5) is 0 Å². The van der Waals surface area contributed by atoms with E-state index in [4.69, 9.17) is 0 Å². The molecule has 0 saturated heterocycles. The molecular weight excluding hydrogens is 310 g/mol. The summed E-state index contributed by atoms with van der Waals surface area (Å²) in [6.45, 7) is 0.762. The summed E-state index contributed by atoms with van der Waals surface area (Å²) in [5.74, 6) is 0.371. The molecule has 3 rings (SSSR count). The van der Waals surface area contributed by atoms with Crippen molar-refractivity contribution in [3.63, 3.8) is 0 Å². The zero-order chi connectivity index (χ0) is 16.2. The van der Waals surface area contributed by atoms with Crippen molar-refractivity contribution >= 4 is 17.7 Å². The Labute approximate surface area is 139 Å². The average molecular weight is 329 g/mol. The summed E-state index contributed by atoms with van der Waals surface area (Å²) in [5.41, 5.74) is 1.46. The molecule has 1 amide bonds. The van der Waals surface area contributed by atoms with E-state index in [1.807, 2.05) is 24.5 Å². The summed E-state index contributed by atoms with van der Waals surface area (Å²) in [6, 6.07) is 10.8. The van der Waals surface area contributed by atoms with Crippen LogP contribution >= 0.6 is 11.8 Å². The van der Waals surface area contributed by atoms with Crippen LogP contribution in [0.3, 0.4) is 0 Å². The van der Waals surface area contributed by atoms with Gasteiger partial charge in [0.2, 0.25) is 0 Å². The number of hydrogen-bond donors (Lipinski definition) is 1. The fourth-order valence-corrected chi connectivity index (χ4v) is 2.75. The monoisotopic (exact) mass is 329 g/mol. The highest BCUT2D eigenvalue weighted by molar-refractivity contribution is 7.98.